The molecular weight excluding hydrogens is 1850 g/mol. The summed E-state index contributed by atoms with van der Waals surface area (Å²) >= 11 is 25.6. The zero-order valence-corrected chi connectivity index (χ0v) is 74.5. The number of nitrogens with one attached hydrogen (secondary N) is 7. The molecular formula is C91H96Cl4F12N20O7. The smallest absolute Gasteiger partial charge is 0.402 e. The lowest BCUT2D eigenvalue weighted by Gasteiger charge is -2.26. The molecule has 2 fully saturated rings. The van der Waals surface area contributed by atoms with Crippen LogP contribution in [0.4, 0.5) is 95.1 Å². The normalized spacial score (nSPS) is 15.4. The molecule has 27 nitrogen and oxygen atoms in total. The predicted octanol–water partition coefficient (Wildman–Crippen LogP) is 19.8. The number of carbonyl (C=O) groups excluding carboxylic acids is 7. The van der Waals surface area contributed by atoms with Gasteiger partial charge in [-0.3, -0.25) is 55.6 Å². The van der Waals surface area contributed by atoms with E-state index < -0.39 is 71.1 Å². The molecule has 0 atom stereocenters. The molecule has 0 aromatic carbocycles. The molecule has 134 heavy (non-hydrogen) atoms. The lowest BCUT2D eigenvalue weighted by Crippen LogP contribution is -2.38. The first-order valence-corrected chi connectivity index (χ1v) is 43.7. The Morgan fingerprint density at radius 1 is 0.373 bits per heavy atom. The number of allylic oxidation sites excluding steroid dienone is 1. The average molecular weight is 1950 g/mol. The molecule has 12 heterocycles. The lowest BCUT2D eigenvalue weighted by atomic mass is 9.95. The van der Waals surface area contributed by atoms with E-state index in [1.54, 1.807) is 49.1 Å². The molecule has 4 aliphatic heterocycles. The second-order valence-electron chi connectivity index (χ2n) is 31.6. The highest BCUT2D eigenvalue weighted by molar-refractivity contribution is 6.33. The van der Waals surface area contributed by atoms with Crippen molar-refractivity contribution in [3.8, 4) is 0 Å². The summed E-state index contributed by atoms with van der Waals surface area (Å²) in [6.07, 6.45) is 11.7. The number of nitrogens with two attached hydrogens (primary N) is 1. The van der Waals surface area contributed by atoms with Gasteiger partial charge in [0.15, 0.2) is 0 Å². The Bertz CT molecular complexity index is 5620. The van der Waals surface area contributed by atoms with Crippen LogP contribution in [0.15, 0.2) is 159 Å². The van der Waals surface area contributed by atoms with Crippen molar-refractivity contribution in [2.45, 2.75) is 160 Å². The third kappa shape index (κ3) is 30.8. The Morgan fingerprint density at radius 3 is 0.828 bits per heavy atom. The number of carbonyl (C=O) groups is 7. The minimum absolute atomic E-state index is 0. The van der Waals surface area contributed by atoms with Crippen LogP contribution >= 0.6 is 46.4 Å². The molecule has 8 aromatic rings. The van der Waals surface area contributed by atoms with Crippen LogP contribution in [-0.4, -0.2) is 172 Å². The molecule has 0 radical (unpaired) electrons. The number of hydrogen-bond donors (Lipinski definition) is 8. The summed E-state index contributed by atoms with van der Waals surface area (Å²) in [5.74, 6) is -0.0308. The second-order valence-corrected chi connectivity index (χ2v) is 33.2. The molecule has 6 aliphatic rings. The van der Waals surface area contributed by atoms with Gasteiger partial charge in [0.05, 0.1) is 84.4 Å². The fourth-order valence-corrected chi connectivity index (χ4v) is 16.0. The molecule has 14 rings (SSSR count). The van der Waals surface area contributed by atoms with Gasteiger partial charge < -0.3 is 41.3 Å². The van der Waals surface area contributed by atoms with Crippen molar-refractivity contribution in [1.82, 2.24) is 75.4 Å². The van der Waals surface area contributed by atoms with E-state index in [1.807, 2.05) is 31.2 Å². The second kappa shape index (κ2) is 47.4. The van der Waals surface area contributed by atoms with E-state index >= 15 is 0 Å². The number of hydrogen-bond acceptors (Lipinski definition) is 16. The van der Waals surface area contributed by atoms with Crippen molar-refractivity contribution in [1.29, 1.82) is 0 Å². The van der Waals surface area contributed by atoms with Crippen molar-refractivity contribution >= 4 is 134 Å². The summed E-state index contributed by atoms with van der Waals surface area (Å²) in [4.78, 5) is 124. The van der Waals surface area contributed by atoms with Crippen molar-refractivity contribution in [3.05, 3.63) is 246 Å². The Balaban J connectivity index is 0.000000185. The van der Waals surface area contributed by atoms with E-state index in [9.17, 15) is 86.2 Å². The van der Waals surface area contributed by atoms with Gasteiger partial charge in [-0.1, -0.05) is 117 Å². The largest absolute Gasteiger partial charge is 0.417 e. The Hall–Kier alpha value is -12.5. The van der Waals surface area contributed by atoms with Crippen molar-refractivity contribution < 1.29 is 86.2 Å². The Kier molecular flexibility index (Phi) is 36.7. The van der Waals surface area contributed by atoms with Crippen molar-refractivity contribution in [2.75, 3.05) is 80.2 Å². The SMILES string of the molecule is C.C=C(N)Cc1cnc(C2=CCN(C(=O)Nc3ccc(C(F)(F)F)cn3)CC2)c(Cl)c1.CCNC(=O)Cc1cnc(C2=CCN(C(=O)Nc3ccc(C(F)(F)F)cn3)CC2)c(Cl)c1.O=C(Cc1cnc(C2=CCN(C(=O)Nc3ccc(C(F)(F)F)cn3)CC2)c(Cl)c1)NC1CCCC1.O=C(Cc1cnc(C2=CCN(C(=O)Nc3ccc(C(F)(F)F)cn3)CC2)c(Cl)c1)NC1CCCCC1. The highest BCUT2D eigenvalue weighted by atomic mass is 35.5. The first-order chi connectivity index (χ1) is 63.2. The molecule has 714 valence electrons. The molecule has 0 unspecified atom stereocenters. The van der Waals surface area contributed by atoms with Gasteiger partial charge >= 0.3 is 48.8 Å². The number of pyridine rings is 8. The van der Waals surface area contributed by atoms with E-state index in [-0.39, 0.29) is 99.4 Å². The maximum absolute atomic E-state index is 12.7. The van der Waals surface area contributed by atoms with Crippen LogP contribution in [0.1, 0.15) is 165 Å². The van der Waals surface area contributed by atoms with Crippen LogP contribution in [0.3, 0.4) is 0 Å². The zero-order valence-electron chi connectivity index (χ0n) is 71.5. The molecule has 0 spiro atoms. The van der Waals surface area contributed by atoms with Crippen LogP contribution in [0.5, 0.6) is 0 Å². The molecule has 43 heteroatoms. The molecule has 9 N–H and O–H groups in total. The van der Waals surface area contributed by atoms with Gasteiger partial charge in [0, 0.05) is 133 Å². The van der Waals surface area contributed by atoms with E-state index in [1.165, 1.54) is 26.0 Å². The maximum atomic E-state index is 12.7. The first kappa shape index (κ1) is 104. The van der Waals surface area contributed by atoms with Crippen LogP contribution in [0.2, 0.25) is 20.1 Å². The van der Waals surface area contributed by atoms with Gasteiger partial charge in [0.25, 0.3) is 0 Å². The minimum Gasteiger partial charge on any atom is -0.402 e. The number of likely N-dealkylation sites (N-methyl/N-ethyl adjacent to an activating group) is 1. The van der Waals surface area contributed by atoms with Gasteiger partial charge in [-0.2, -0.15) is 52.7 Å². The number of nitrogens with zero attached hydrogens (tertiary/aromatic N) is 12. The topological polar surface area (TPSA) is 346 Å². The molecule has 0 saturated heterocycles. The summed E-state index contributed by atoms with van der Waals surface area (Å²) < 4.78 is 152. The number of halogens is 16. The Labute approximate surface area is 783 Å². The van der Waals surface area contributed by atoms with Crippen LogP contribution in [0, 0.1) is 0 Å². The number of aromatic nitrogens is 8. The van der Waals surface area contributed by atoms with Crippen molar-refractivity contribution in [3.63, 3.8) is 0 Å². The quantitative estimate of drug-likeness (QED) is 0.0349. The van der Waals surface area contributed by atoms with Crippen LogP contribution in [-0.2, 0) is 64.8 Å². The monoisotopic (exact) mass is 1950 g/mol. The lowest BCUT2D eigenvalue weighted by molar-refractivity contribution is -0.138. The Morgan fingerprint density at radius 2 is 0.619 bits per heavy atom. The highest BCUT2D eigenvalue weighted by Crippen LogP contribution is 2.37. The molecule has 8 aromatic heterocycles. The summed E-state index contributed by atoms with van der Waals surface area (Å²) in [6.45, 7) is 8.72. The third-order valence-corrected chi connectivity index (χ3v) is 22.8. The minimum atomic E-state index is -4.49. The average Bonchev–Trinajstić information content (AvgIpc) is 0.830. The van der Waals surface area contributed by atoms with Gasteiger partial charge in [0.1, 0.15) is 23.3 Å². The summed E-state index contributed by atoms with van der Waals surface area (Å²) in [7, 11) is 0. The fraction of sp³-hybridized carbons (Fsp3) is 0.374. The number of amides is 11. The third-order valence-electron chi connectivity index (χ3n) is 21.7. The molecule has 11 amide bonds. The fourth-order valence-electron chi connectivity index (χ4n) is 14.8. The summed E-state index contributed by atoms with van der Waals surface area (Å²) in [5.41, 5.74) is 11.6. The van der Waals surface area contributed by atoms with E-state index in [0.29, 0.717) is 150 Å². The first-order valence-electron chi connectivity index (χ1n) is 42.2. The van der Waals surface area contributed by atoms with Gasteiger partial charge in [-0.25, -0.2) is 39.1 Å². The molecule has 2 aliphatic carbocycles. The maximum Gasteiger partial charge on any atom is 0.417 e. The number of anilines is 4. The van der Waals surface area contributed by atoms with E-state index in [0.717, 1.165) is 139 Å². The predicted molar refractivity (Wildman–Crippen MR) is 486 cm³/mol. The van der Waals surface area contributed by atoms with Crippen molar-refractivity contribution in [2.24, 2.45) is 5.73 Å². The van der Waals surface area contributed by atoms with E-state index in [4.69, 9.17) is 52.1 Å². The number of alkyl halides is 12. The van der Waals surface area contributed by atoms with Crippen LogP contribution < -0.4 is 43.0 Å². The number of urea groups is 4. The number of rotatable bonds is 19. The van der Waals surface area contributed by atoms with Gasteiger partial charge in [0.2, 0.25) is 17.7 Å². The molecule has 2 saturated carbocycles. The standard InChI is InChI=1S/C25H27ClF3N5O2.C24H25ClF3N5O2.C21H21ClF3N5O2.C20H19ClF3N5O.CH4/c26-20-12-16(13-22(35)32-19-4-2-1-3-5-19)14-31-23(20)17-8-10-34(11-9-17)24(36)33-21-7-6-18(15-30-21)25(27,28)29;25-19-11-15(12-21(34)31-18-3-1-2-4-18)13-30-22(19)16-7-9-33(10-8-16)23(35)32-20-6-5-17(14-29-20)24(26,27)28;1-2-26-18(31)10-13-9-16(22)19(28-11-13)14-5-7-30(8-6-14)20(32)29-17-4-3-15(12-27-17)21(23,24)25;1-12(25)8-13-9-16(21)18(27-10-13)14-4-6-29(7-5-14)19(30)28-17-3-2-15(11-26-17)20(22,23)24;/h6-8,12,14-15,19H,1-5,9-11,13H2,(H,32,35)(H,30,33,36);5-7,11,13-14,18H,1-4,8-10,12H2,(H,31,34)(H,29,32,35);3-5,9,11-12H,2,6-8,10H2,1H3,(H,26,31)(H,27,29,32);2-4,9-11H,1,5-8,25H2,(H,26,28,30);1H4. The zero-order chi connectivity index (χ0) is 95.9. The summed E-state index contributed by atoms with van der Waals surface area (Å²) in [5, 5.41) is 20.7. The van der Waals surface area contributed by atoms with E-state index in [2.05, 4.69) is 83.7 Å². The van der Waals surface area contributed by atoms with Gasteiger partial charge in [-0.15, -0.1) is 0 Å². The highest BCUT2D eigenvalue weighted by Gasteiger charge is 2.36. The molecule has 0 bridgehead atoms. The summed E-state index contributed by atoms with van der Waals surface area (Å²) in [6, 6.07) is 13.6. The van der Waals surface area contributed by atoms with Gasteiger partial charge in [-0.05, 0) is 176 Å². The van der Waals surface area contributed by atoms with Crippen LogP contribution in [0.25, 0.3) is 22.3 Å².